The molecule has 0 amide bonds. The molecule has 40 heavy (non-hydrogen) atoms. The van der Waals surface area contributed by atoms with Crippen LogP contribution in [0.3, 0.4) is 0 Å². The van der Waals surface area contributed by atoms with E-state index in [9.17, 15) is 0 Å². The Hall–Kier alpha value is -2.31. The number of benzene rings is 4. The van der Waals surface area contributed by atoms with Crippen LogP contribution in [0.25, 0.3) is 11.1 Å². The molecule has 4 aromatic rings. The Labute approximate surface area is 253 Å². The Balaban J connectivity index is 0.00000185. The third kappa shape index (κ3) is 4.50. The van der Waals surface area contributed by atoms with Gasteiger partial charge in [0.15, 0.2) is 0 Å². The Morgan fingerprint density at radius 2 is 1.20 bits per heavy atom. The van der Waals surface area contributed by atoms with Gasteiger partial charge in [-0.3, -0.25) is 0 Å². The summed E-state index contributed by atoms with van der Waals surface area (Å²) < 4.78 is 11.5. The molecule has 0 aromatic heterocycles. The van der Waals surface area contributed by atoms with E-state index in [1.165, 1.54) is 46.5 Å². The average molecular weight is 647 g/mol. The van der Waals surface area contributed by atoms with Crippen LogP contribution >= 0.6 is 24.8 Å². The van der Waals surface area contributed by atoms with Crippen LogP contribution in [0.5, 0.6) is 0 Å². The normalized spacial score (nSPS) is 13.9. The zero-order valence-corrected chi connectivity index (χ0v) is 28.1. The van der Waals surface area contributed by atoms with E-state index in [0.29, 0.717) is 11.8 Å². The summed E-state index contributed by atoms with van der Waals surface area (Å²) in [4.78, 5) is 0. The van der Waals surface area contributed by atoms with E-state index in [0.717, 1.165) is 12.8 Å². The van der Waals surface area contributed by atoms with Crippen molar-refractivity contribution in [2.45, 2.75) is 52.4 Å². The van der Waals surface area contributed by atoms with E-state index in [-0.39, 0.29) is 24.8 Å². The molecule has 0 atom stereocenters. The van der Waals surface area contributed by atoms with Crippen LogP contribution in [0.2, 0.25) is 0 Å². The van der Waals surface area contributed by atoms with E-state index in [1.54, 1.807) is 0 Å². The molecule has 0 unspecified atom stereocenters. The second-order valence-electron chi connectivity index (χ2n) is 12.0. The Morgan fingerprint density at radius 3 is 1.73 bits per heavy atom. The van der Waals surface area contributed by atoms with Crippen molar-refractivity contribution in [1.29, 1.82) is 0 Å². The quantitative estimate of drug-likeness (QED) is 0.173. The number of rotatable bonds is 6. The first-order valence-electron chi connectivity index (χ1n) is 14.1. The predicted molar refractivity (Wildman–Crippen MR) is 178 cm³/mol. The Kier molecular flexibility index (Phi) is 8.83. The average Bonchev–Trinajstić information content (AvgIpc) is 3.62. The summed E-state index contributed by atoms with van der Waals surface area (Å²) in [7, 11) is 0. The van der Waals surface area contributed by atoms with Crippen molar-refractivity contribution in [3.63, 3.8) is 0 Å². The van der Waals surface area contributed by atoms with Crippen molar-refractivity contribution in [2.75, 3.05) is 0 Å². The summed E-state index contributed by atoms with van der Waals surface area (Å²) in [5.74, 6) is 1.00. The molecule has 0 saturated carbocycles. The third-order valence-corrected chi connectivity index (χ3v) is 25.7. The monoisotopic (exact) mass is 644 g/mol. The van der Waals surface area contributed by atoms with E-state index in [2.05, 4.69) is 137 Å². The molecule has 2 aliphatic carbocycles. The molecule has 0 aliphatic heterocycles. The van der Waals surface area contributed by atoms with Gasteiger partial charge >= 0.3 is 231 Å². The van der Waals surface area contributed by atoms with Gasteiger partial charge in [-0.2, -0.15) is 0 Å². The van der Waals surface area contributed by atoms with Gasteiger partial charge in [0, 0.05) is 0 Å². The summed E-state index contributed by atoms with van der Waals surface area (Å²) in [6.07, 6.45) is 8.96. The number of hydrogen-bond donors (Lipinski definition) is 0. The predicted octanol–water partition coefficient (Wildman–Crippen LogP) is 8.59. The van der Waals surface area contributed by atoms with Crippen LogP contribution in [0.4, 0.5) is 0 Å². The molecule has 0 spiro atoms. The van der Waals surface area contributed by atoms with E-state index >= 15 is 0 Å². The minimum absolute atomic E-state index is 0. The molecule has 6 rings (SSSR count). The van der Waals surface area contributed by atoms with Gasteiger partial charge < -0.3 is 0 Å². The van der Waals surface area contributed by atoms with Gasteiger partial charge in [-0.1, -0.05) is 0 Å². The maximum atomic E-state index is 5.58. The molecule has 4 aromatic carbocycles. The fraction of sp³-hybridized carbons (Fsp3) is 0.216. The third-order valence-electron chi connectivity index (χ3n) is 9.35. The van der Waals surface area contributed by atoms with Crippen LogP contribution in [0.15, 0.2) is 113 Å². The van der Waals surface area contributed by atoms with Crippen molar-refractivity contribution in [3.05, 3.63) is 135 Å². The first kappa shape index (κ1) is 30.6. The van der Waals surface area contributed by atoms with Gasteiger partial charge in [0.05, 0.1) is 0 Å². The van der Waals surface area contributed by atoms with Crippen LogP contribution in [0.1, 0.15) is 68.2 Å². The van der Waals surface area contributed by atoms with E-state index in [1.807, 2.05) is 0 Å². The second kappa shape index (κ2) is 11.5. The van der Waals surface area contributed by atoms with Gasteiger partial charge in [-0.15, -0.1) is 24.8 Å². The molecule has 0 bridgehead atoms. The number of fused-ring (bicyclic) bond motifs is 3. The number of halogens is 2. The van der Waals surface area contributed by atoms with Gasteiger partial charge in [-0.25, -0.2) is 0 Å². The molecule has 0 fully saturated rings. The van der Waals surface area contributed by atoms with Crippen molar-refractivity contribution >= 4 is 38.8 Å². The van der Waals surface area contributed by atoms with Crippen molar-refractivity contribution < 1.29 is 18.3 Å². The molecule has 2 aliphatic rings. The zero-order chi connectivity index (χ0) is 26.5. The van der Waals surface area contributed by atoms with Crippen molar-refractivity contribution in [2.24, 2.45) is 0 Å². The molecule has 0 radical (unpaired) electrons. The van der Waals surface area contributed by atoms with Gasteiger partial charge in [0.25, 0.3) is 0 Å². The summed E-state index contributed by atoms with van der Waals surface area (Å²) in [5, 5.41) is 0. The summed E-state index contributed by atoms with van der Waals surface area (Å²) >= 11 is -4.60. The molecule has 0 N–H and O–H groups in total. The molecule has 206 valence electrons. The van der Waals surface area contributed by atoms with E-state index in [4.69, 9.17) is 4.21 Å². The summed E-state index contributed by atoms with van der Waals surface area (Å²) in [6, 6.07) is 35.2. The molecule has 0 nitrogen and oxygen atoms in total. The SMILES string of the molecule is Cl.Cl.[CH2]=[Zr]([C]1=CC=CC1)([c]1ccc(C(C)C)cc1)([c]1ccc(C(C)C)cc1)[c]1cccc2c1Cc1ccccc1-2. The van der Waals surface area contributed by atoms with Crippen LogP contribution in [0, 0.1) is 0 Å². The second-order valence-corrected chi connectivity index (χ2v) is 24.9. The topological polar surface area (TPSA) is 0 Å². The van der Waals surface area contributed by atoms with Gasteiger partial charge in [-0.05, 0) is 0 Å². The van der Waals surface area contributed by atoms with Crippen molar-refractivity contribution in [1.82, 2.24) is 0 Å². The molecule has 0 saturated heterocycles. The molecular formula is C37H40Cl2Zr. The number of allylic oxidation sites excluding steroid dienone is 4. The van der Waals surface area contributed by atoms with Crippen LogP contribution in [-0.4, -0.2) is 4.21 Å². The van der Waals surface area contributed by atoms with Crippen LogP contribution in [-0.2, 0) is 24.7 Å². The Bertz CT molecular complexity index is 1600. The first-order valence-corrected chi connectivity index (χ1v) is 20.8. The Morgan fingerprint density at radius 1 is 0.650 bits per heavy atom. The molecular weight excluding hydrogens is 607 g/mol. The maximum absolute atomic E-state index is 5.58. The number of hydrogen-bond acceptors (Lipinski definition) is 0. The fourth-order valence-electron chi connectivity index (χ4n) is 7.02. The molecule has 3 heteroatoms. The summed E-state index contributed by atoms with van der Waals surface area (Å²) in [6.45, 7) is 9.11. The zero-order valence-electron chi connectivity index (χ0n) is 24.0. The van der Waals surface area contributed by atoms with Gasteiger partial charge in [0.2, 0.25) is 0 Å². The minimum atomic E-state index is -4.60. The standard InChI is InChI=1S/C13H9.2C9H11.C5H5.CH2.2ClH.Zr/c1-3-7-12-10(5-1)9-11-6-2-4-8-13(11)12;2*1-8(2)9-6-4-3-5-7-9;1-2-4-5-3-1;;;;/h1-5,7-8H,9H2;2*4-8H,1-2H3;1-3H,4H2;1H2;2*1H;. The van der Waals surface area contributed by atoms with Crippen LogP contribution < -0.4 is 9.81 Å². The first-order chi connectivity index (χ1) is 18.3. The molecule has 0 heterocycles. The van der Waals surface area contributed by atoms with Gasteiger partial charge in [0.1, 0.15) is 0 Å². The fourth-order valence-corrected chi connectivity index (χ4v) is 22.3. The summed E-state index contributed by atoms with van der Waals surface area (Å²) in [5.41, 5.74) is 8.47. The van der Waals surface area contributed by atoms with Crippen molar-refractivity contribution in [3.8, 4) is 11.1 Å². The van der Waals surface area contributed by atoms with E-state index < -0.39 is 18.3 Å².